The molecule has 1 unspecified atom stereocenters. The van der Waals surface area contributed by atoms with Gasteiger partial charge in [0.15, 0.2) is 0 Å². The van der Waals surface area contributed by atoms with Crippen molar-refractivity contribution in [2.45, 2.75) is 19.9 Å². The van der Waals surface area contributed by atoms with E-state index in [1.165, 1.54) is 0 Å². The molecule has 0 amide bonds. The second kappa shape index (κ2) is 7.06. The van der Waals surface area contributed by atoms with Crippen molar-refractivity contribution in [3.63, 3.8) is 0 Å². The lowest BCUT2D eigenvalue weighted by molar-refractivity contribution is 0.762. The van der Waals surface area contributed by atoms with Crippen LogP contribution in [0.5, 0.6) is 0 Å². The molecule has 6 heteroatoms. The average Bonchev–Trinajstić information content (AvgIpc) is 1.59. The Kier molecular flexibility index (Phi) is 10.7. The zero-order valence-electron chi connectivity index (χ0n) is 4.99. The monoisotopic (exact) mass is 513 g/mol. The van der Waals surface area contributed by atoms with Crippen LogP contribution in [0, 0.1) is 0 Å². The Morgan fingerprint density at radius 3 is 1.80 bits per heavy atom. The summed E-state index contributed by atoms with van der Waals surface area (Å²) in [5.41, 5.74) is 5.45. The zero-order valence-corrected chi connectivity index (χ0v) is 13.7. The molecular formula is C4H8Br4IN. The standard InChI is InChI=1S/C4H7Br4N.HI/c5-3(9)1-2-4(6,7)8;/h3H,1-2,9H2;1H. The lowest BCUT2D eigenvalue weighted by Crippen LogP contribution is -2.13. The average molecular weight is 517 g/mol. The minimum atomic E-state index is -0.140. The van der Waals surface area contributed by atoms with Crippen molar-refractivity contribution in [2.75, 3.05) is 0 Å². The predicted octanol–water partition coefficient (Wildman–Crippen LogP) is 3.90. The summed E-state index contributed by atoms with van der Waals surface area (Å²) in [6.07, 6.45) is 1.85. The summed E-state index contributed by atoms with van der Waals surface area (Å²) in [6.45, 7) is 0. The van der Waals surface area contributed by atoms with Crippen molar-refractivity contribution >= 4 is 87.7 Å². The first-order chi connectivity index (χ1) is 3.92. The van der Waals surface area contributed by atoms with E-state index in [0.29, 0.717) is 0 Å². The Balaban J connectivity index is 0. The highest BCUT2D eigenvalue weighted by molar-refractivity contribution is 14.0. The van der Waals surface area contributed by atoms with E-state index in [4.69, 9.17) is 5.73 Å². The van der Waals surface area contributed by atoms with Crippen LogP contribution in [-0.4, -0.2) is 7.09 Å². The molecule has 0 radical (unpaired) electrons. The van der Waals surface area contributed by atoms with Crippen molar-refractivity contribution in [3.8, 4) is 0 Å². The maximum atomic E-state index is 5.45. The molecule has 0 saturated carbocycles. The van der Waals surface area contributed by atoms with Gasteiger partial charge in [-0.2, -0.15) is 0 Å². The van der Waals surface area contributed by atoms with E-state index in [2.05, 4.69) is 63.7 Å². The first kappa shape index (κ1) is 15.1. The molecular weight excluding hydrogens is 509 g/mol. The quantitative estimate of drug-likeness (QED) is 0.336. The molecule has 0 heterocycles. The van der Waals surface area contributed by atoms with Crippen LogP contribution in [0.1, 0.15) is 12.8 Å². The van der Waals surface area contributed by atoms with Crippen LogP contribution < -0.4 is 5.73 Å². The van der Waals surface area contributed by atoms with Gasteiger partial charge in [0, 0.05) is 0 Å². The third kappa shape index (κ3) is 13.2. The number of alkyl halides is 4. The van der Waals surface area contributed by atoms with E-state index in [9.17, 15) is 0 Å². The van der Waals surface area contributed by atoms with E-state index >= 15 is 0 Å². The summed E-state index contributed by atoms with van der Waals surface area (Å²) < 4.78 is -0.140. The topological polar surface area (TPSA) is 26.0 Å². The molecule has 0 aromatic heterocycles. The minimum Gasteiger partial charge on any atom is -0.319 e. The summed E-state index contributed by atoms with van der Waals surface area (Å²) in [5, 5.41) is 0. The first-order valence-electron chi connectivity index (χ1n) is 2.38. The molecule has 0 aromatic carbocycles. The number of hydrogen-bond acceptors (Lipinski definition) is 1. The molecule has 0 aliphatic heterocycles. The van der Waals surface area contributed by atoms with E-state index in [-0.39, 0.29) is 31.1 Å². The number of nitrogens with two attached hydrogens (primary N) is 1. The first-order valence-corrected chi connectivity index (χ1v) is 5.67. The van der Waals surface area contributed by atoms with Crippen LogP contribution in [0.3, 0.4) is 0 Å². The second-order valence-corrected chi connectivity index (χ2v) is 10.1. The Hall–Kier alpha value is 2.61. The molecule has 10 heavy (non-hydrogen) atoms. The van der Waals surface area contributed by atoms with Crippen LogP contribution in [-0.2, 0) is 0 Å². The van der Waals surface area contributed by atoms with Crippen molar-refractivity contribution in [1.82, 2.24) is 0 Å². The van der Waals surface area contributed by atoms with Crippen molar-refractivity contribution in [2.24, 2.45) is 5.73 Å². The van der Waals surface area contributed by atoms with Crippen LogP contribution in [0.15, 0.2) is 0 Å². The Bertz CT molecular complexity index is 81.8. The molecule has 0 aliphatic carbocycles. The Labute approximate surface area is 112 Å². The fourth-order valence-corrected chi connectivity index (χ4v) is 1.22. The summed E-state index contributed by atoms with van der Waals surface area (Å²) in [5.74, 6) is 0. The van der Waals surface area contributed by atoms with Crippen molar-refractivity contribution < 1.29 is 0 Å². The van der Waals surface area contributed by atoms with Gasteiger partial charge in [0.25, 0.3) is 0 Å². The van der Waals surface area contributed by atoms with E-state index in [1.807, 2.05) is 0 Å². The molecule has 0 bridgehead atoms. The zero-order chi connectivity index (χ0) is 7.49. The van der Waals surface area contributed by atoms with Gasteiger partial charge < -0.3 is 5.73 Å². The Morgan fingerprint density at radius 1 is 1.30 bits per heavy atom. The molecule has 0 aliphatic rings. The molecule has 0 spiro atoms. The molecule has 0 rings (SSSR count). The number of rotatable bonds is 2. The Morgan fingerprint density at radius 2 is 1.70 bits per heavy atom. The van der Waals surface area contributed by atoms with Gasteiger partial charge in [0.05, 0.1) is 4.95 Å². The highest BCUT2D eigenvalue weighted by Gasteiger charge is 2.17. The lowest BCUT2D eigenvalue weighted by Gasteiger charge is -2.11. The number of halogens is 5. The second-order valence-electron chi connectivity index (χ2n) is 1.67. The summed E-state index contributed by atoms with van der Waals surface area (Å²) in [4.78, 5) is 0.0875. The molecule has 2 N–H and O–H groups in total. The normalized spacial score (nSPS) is 14.1. The SMILES string of the molecule is I.NC(Br)CCC(Br)(Br)Br. The third-order valence-corrected chi connectivity index (χ3v) is 2.35. The molecule has 1 atom stereocenters. The molecule has 0 aromatic rings. The van der Waals surface area contributed by atoms with Crippen molar-refractivity contribution in [3.05, 3.63) is 0 Å². The van der Waals surface area contributed by atoms with Crippen molar-refractivity contribution in [1.29, 1.82) is 0 Å². The minimum absolute atomic E-state index is 0. The van der Waals surface area contributed by atoms with Gasteiger partial charge in [-0.25, -0.2) is 0 Å². The molecule has 1 nitrogen and oxygen atoms in total. The fourth-order valence-electron chi connectivity index (χ4n) is 0.302. The van der Waals surface area contributed by atoms with E-state index in [0.717, 1.165) is 12.8 Å². The predicted molar refractivity (Wildman–Crippen MR) is 71.1 cm³/mol. The lowest BCUT2D eigenvalue weighted by atomic mass is 10.3. The van der Waals surface area contributed by atoms with Crippen LogP contribution in [0.4, 0.5) is 0 Å². The molecule has 64 valence electrons. The van der Waals surface area contributed by atoms with Gasteiger partial charge in [0.2, 0.25) is 0 Å². The van der Waals surface area contributed by atoms with Gasteiger partial charge in [-0.05, 0) is 12.8 Å². The summed E-state index contributed by atoms with van der Waals surface area (Å²) in [6, 6.07) is 0. The van der Waals surface area contributed by atoms with Gasteiger partial charge in [-0.3, -0.25) is 0 Å². The van der Waals surface area contributed by atoms with Gasteiger partial charge in [-0.15, -0.1) is 24.0 Å². The highest BCUT2D eigenvalue weighted by Crippen LogP contribution is 2.38. The van der Waals surface area contributed by atoms with Gasteiger partial charge in [0.1, 0.15) is 2.14 Å². The maximum Gasteiger partial charge on any atom is 0.135 e. The van der Waals surface area contributed by atoms with Crippen LogP contribution >= 0.6 is 87.7 Å². The van der Waals surface area contributed by atoms with Gasteiger partial charge >= 0.3 is 0 Å². The third-order valence-electron chi connectivity index (χ3n) is 0.704. The molecule has 0 saturated heterocycles. The largest absolute Gasteiger partial charge is 0.319 e. The van der Waals surface area contributed by atoms with E-state index in [1.54, 1.807) is 0 Å². The van der Waals surface area contributed by atoms with Gasteiger partial charge in [-0.1, -0.05) is 63.7 Å². The van der Waals surface area contributed by atoms with E-state index < -0.39 is 0 Å². The number of hydrogen-bond donors (Lipinski definition) is 1. The van der Waals surface area contributed by atoms with Crippen LogP contribution in [0.2, 0.25) is 0 Å². The fraction of sp³-hybridized carbons (Fsp3) is 1.00. The smallest absolute Gasteiger partial charge is 0.135 e. The maximum absolute atomic E-state index is 5.45. The summed E-state index contributed by atoms with van der Waals surface area (Å²) >= 11 is 13.3. The highest BCUT2D eigenvalue weighted by atomic mass is 127. The van der Waals surface area contributed by atoms with Crippen LogP contribution in [0.25, 0.3) is 0 Å². The summed E-state index contributed by atoms with van der Waals surface area (Å²) in [7, 11) is 0. The molecule has 0 fully saturated rings.